The van der Waals surface area contributed by atoms with Crippen LogP contribution in [0.1, 0.15) is 23.7 Å². The third kappa shape index (κ3) is 2.31. The van der Waals surface area contributed by atoms with Gasteiger partial charge in [0, 0.05) is 13.1 Å². The molecule has 5 N–H and O–H groups in total. The number of hydrogen-bond acceptors (Lipinski definition) is 5. The number of aromatic nitrogens is 1. The molecule has 1 fully saturated rings. The summed E-state index contributed by atoms with van der Waals surface area (Å²) in [6.45, 7) is 2.72. The van der Waals surface area contributed by atoms with Crippen LogP contribution < -0.4 is 16.4 Å². The average molecular weight is 264 g/mol. The van der Waals surface area contributed by atoms with Crippen molar-refractivity contribution in [3.05, 3.63) is 17.8 Å². The Balaban J connectivity index is 2.34. The number of carboxylic acid groups (broad SMARTS) is 1. The monoisotopic (exact) mass is 264 g/mol. The van der Waals surface area contributed by atoms with Crippen molar-refractivity contribution in [1.29, 1.82) is 0 Å². The Hall–Kier alpha value is -2.31. The van der Waals surface area contributed by atoms with Crippen molar-refractivity contribution >= 4 is 23.4 Å². The van der Waals surface area contributed by atoms with Crippen LogP contribution in [0.4, 0.5) is 11.5 Å². The molecular weight excluding hydrogens is 248 g/mol. The second-order valence-corrected chi connectivity index (χ2v) is 5.03. The fraction of sp³-hybridized carbons (Fsp3) is 0.417. The van der Waals surface area contributed by atoms with E-state index in [0.29, 0.717) is 25.2 Å². The topological polar surface area (TPSA) is 123 Å². The van der Waals surface area contributed by atoms with E-state index in [9.17, 15) is 14.7 Å². The van der Waals surface area contributed by atoms with Gasteiger partial charge in [0.15, 0.2) is 0 Å². The summed E-state index contributed by atoms with van der Waals surface area (Å²) >= 11 is 0. The van der Waals surface area contributed by atoms with Crippen LogP contribution in [-0.4, -0.2) is 35.1 Å². The summed E-state index contributed by atoms with van der Waals surface area (Å²) in [5.41, 5.74) is 10.8. The molecule has 1 saturated heterocycles. The number of carbonyl (C=O) groups is 2. The number of carboxylic acids is 1. The summed E-state index contributed by atoms with van der Waals surface area (Å²) < 4.78 is 0. The Morgan fingerprint density at radius 1 is 1.53 bits per heavy atom. The second-order valence-electron chi connectivity index (χ2n) is 5.03. The molecule has 0 saturated carbocycles. The van der Waals surface area contributed by atoms with Gasteiger partial charge in [-0.15, -0.1) is 0 Å². The van der Waals surface area contributed by atoms with Crippen LogP contribution >= 0.6 is 0 Å². The minimum absolute atomic E-state index is 0.0845. The van der Waals surface area contributed by atoms with Gasteiger partial charge in [0.25, 0.3) is 0 Å². The fourth-order valence-corrected chi connectivity index (χ4v) is 2.26. The van der Waals surface area contributed by atoms with Crippen molar-refractivity contribution in [3.63, 3.8) is 0 Å². The molecule has 1 unspecified atom stereocenters. The van der Waals surface area contributed by atoms with Gasteiger partial charge in [0.05, 0.1) is 22.9 Å². The number of amides is 1. The molecule has 7 heteroatoms. The van der Waals surface area contributed by atoms with Gasteiger partial charge < -0.3 is 21.5 Å². The summed E-state index contributed by atoms with van der Waals surface area (Å²) in [4.78, 5) is 28.4. The number of pyridine rings is 1. The van der Waals surface area contributed by atoms with Crippen molar-refractivity contribution in [3.8, 4) is 0 Å². The van der Waals surface area contributed by atoms with Crippen LogP contribution in [0.25, 0.3) is 0 Å². The molecule has 0 aliphatic carbocycles. The molecule has 2 heterocycles. The van der Waals surface area contributed by atoms with E-state index < -0.39 is 11.4 Å². The number of nitrogens with two attached hydrogens (primary N) is 2. The molecular formula is C12H16N4O3. The van der Waals surface area contributed by atoms with Gasteiger partial charge in [-0.2, -0.15) is 0 Å². The summed E-state index contributed by atoms with van der Waals surface area (Å²) in [5.74, 6) is -1.30. The lowest BCUT2D eigenvalue weighted by Gasteiger charge is -2.23. The third-order valence-corrected chi connectivity index (χ3v) is 3.54. The summed E-state index contributed by atoms with van der Waals surface area (Å²) in [5, 5.41) is 9.19. The van der Waals surface area contributed by atoms with Crippen LogP contribution in [0.5, 0.6) is 0 Å². The first-order valence-corrected chi connectivity index (χ1v) is 5.87. The molecule has 1 amide bonds. The third-order valence-electron chi connectivity index (χ3n) is 3.54. The molecule has 0 bridgehead atoms. The van der Waals surface area contributed by atoms with Gasteiger partial charge in [-0.3, -0.25) is 4.79 Å². The number of anilines is 2. The zero-order chi connectivity index (χ0) is 14.2. The summed E-state index contributed by atoms with van der Waals surface area (Å²) in [7, 11) is 0. The number of hydrogen-bond donors (Lipinski definition) is 3. The average Bonchev–Trinajstić information content (AvgIpc) is 2.73. The van der Waals surface area contributed by atoms with Gasteiger partial charge in [-0.05, 0) is 19.4 Å². The smallest absolute Gasteiger partial charge is 0.338 e. The largest absolute Gasteiger partial charge is 0.478 e. The maximum atomic E-state index is 11.4. The molecule has 1 aliphatic heterocycles. The molecule has 19 heavy (non-hydrogen) atoms. The molecule has 0 aromatic carbocycles. The van der Waals surface area contributed by atoms with E-state index in [1.807, 2.05) is 0 Å². The van der Waals surface area contributed by atoms with Gasteiger partial charge in [-0.25, -0.2) is 9.78 Å². The number of rotatable bonds is 3. The Morgan fingerprint density at radius 3 is 2.74 bits per heavy atom. The first-order chi connectivity index (χ1) is 8.83. The van der Waals surface area contributed by atoms with Crippen LogP contribution in [0.15, 0.2) is 12.3 Å². The zero-order valence-electron chi connectivity index (χ0n) is 10.6. The highest BCUT2D eigenvalue weighted by Gasteiger charge is 2.39. The molecule has 0 spiro atoms. The first kappa shape index (κ1) is 13.1. The van der Waals surface area contributed by atoms with E-state index >= 15 is 0 Å². The van der Waals surface area contributed by atoms with E-state index in [4.69, 9.17) is 11.5 Å². The minimum atomic E-state index is -1.07. The van der Waals surface area contributed by atoms with Crippen molar-refractivity contribution in [2.24, 2.45) is 11.1 Å². The molecule has 7 nitrogen and oxygen atoms in total. The summed E-state index contributed by atoms with van der Waals surface area (Å²) in [6.07, 6.45) is 2.01. The van der Waals surface area contributed by atoms with E-state index in [1.54, 1.807) is 11.8 Å². The van der Waals surface area contributed by atoms with Gasteiger partial charge in [0.1, 0.15) is 5.82 Å². The van der Waals surface area contributed by atoms with Crippen molar-refractivity contribution in [1.82, 2.24) is 4.98 Å². The Bertz CT molecular complexity index is 546. The highest BCUT2D eigenvalue weighted by atomic mass is 16.4. The zero-order valence-corrected chi connectivity index (χ0v) is 10.6. The van der Waals surface area contributed by atoms with Gasteiger partial charge in [-0.1, -0.05) is 0 Å². The molecule has 1 aliphatic rings. The fourth-order valence-electron chi connectivity index (χ4n) is 2.26. The van der Waals surface area contributed by atoms with Crippen LogP contribution in [0, 0.1) is 5.41 Å². The van der Waals surface area contributed by atoms with Crippen LogP contribution in [0.2, 0.25) is 0 Å². The Kier molecular flexibility index (Phi) is 3.05. The maximum absolute atomic E-state index is 11.4. The minimum Gasteiger partial charge on any atom is -0.478 e. The maximum Gasteiger partial charge on any atom is 0.338 e. The Morgan fingerprint density at radius 2 is 2.21 bits per heavy atom. The standard InChI is InChI=1S/C12H16N4O3/c1-12(11(14)19)2-3-16(6-12)8-5-15-9(13)4-7(8)10(17)18/h4-5H,2-3,6H2,1H3,(H2,13,15)(H2,14,19)(H,17,18). The van der Waals surface area contributed by atoms with E-state index in [-0.39, 0.29) is 17.3 Å². The van der Waals surface area contributed by atoms with Gasteiger partial charge >= 0.3 is 5.97 Å². The van der Waals surface area contributed by atoms with Crippen molar-refractivity contribution in [2.75, 3.05) is 23.7 Å². The van der Waals surface area contributed by atoms with E-state index in [0.717, 1.165) is 0 Å². The number of nitrogen functional groups attached to an aromatic ring is 1. The lowest BCUT2D eigenvalue weighted by molar-refractivity contribution is -0.125. The first-order valence-electron chi connectivity index (χ1n) is 5.87. The normalized spacial score (nSPS) is 22.5. The van der Waals surface area contributed by atoms with E-state index in [1.165, 1.54) is 12.3 Å². The Labute approximate surface area is 110 Å². The van der Waals surface area contributed by atoms with E-state index in [2.05, 4.69) is 4.98 Å². The molecule has 2 rings (SSSR count). The molecule has 0 radical (unpaired) electrons. The predicted octanol–water partition coefficient (Wildman–Crippen LogP) is 0.0637. The molecule has 102 valence electrons. The lowest BCUT2D eigenvalue weighted by Crippen LogP contribution is -2.37. The predicted molar refractivity (Wildman–Crippen MR) is 69.7 cm³/mol. The number of nitrogens with zero attached hydrogens (tertiary/aromatic N) is 2. The lowest BCUT2D eigenvalue weighted by atomic mass is 9.89. The number of carbonyl (C=O) groups excluding carboxylic acids is 1. The van der Waals surface area contributed by atoms with Crippen LogP contribution in [0.3, 0.4) is 0 Å². The molecule has 1 aromatic heterocycles. The number of aromatic carboxylic acids is 1. The van der Waals surface area contributed by atoms with Crippen molar-refractivity contribution < 1.29 is 14.7 Å². The second kappa shape index (κ2) is 4.42. The quantitative estimate of drug-likeness (QED) is 0.709. The highest BCUT2D eigenvalue weighted by Crippen LogP contribution is 2.34. The SMILES string of the molecule is CC1(C(N)=O)CCN(c2cnc(N)cc2C(=O)O)C1. The molecule has 1 aromatic rings. The van der Waals surface area contributed by atoms with Crippen molar-refractivity contribution in [2.45, 2.75) is 13.3 Å². The summed E-state index contributed by atoms with van der Waals surface area (Å²) in [6, 6.07) is 1.32. The van der Waals surface area contributed by atoms with Crippen LogP contribution in [-0.2, 0) is 4.79 Å². The highest BCUT2D eigenvalue weighted by molar-refractivity contribution is 5.95. The molecule has 1 atom stereocenters. The van der Waals surface area contributed by atoms with Gasteiger partial charge in [0.2, 0.25) is 5.91 Å². The number of primary amides is 1.